The van der Waals surface area contributed by atoms with Gasteiger partial charge in [0.25, 0.3) is 0 Å². The summed E-state index contributed by atoms with van der Waals surface area (Å²) in [5.74, 6) is 1.12. The molecule has 138 valence electrons. The van der Waals surface area contributed by atoms with Crippen LogP contribution in [0.5, 0.6) is 0 Å². The molecular weight excluding hydrogens is 382 g/mol. The van der Waals surface area contributed by atoms with E-state index < -0.39 is 0 Å². The number of rotatable bonds is 10. The summed E-state index contributed by atoms with van der Waals surface area (Å²) in [6.07, 6.45) is 1.84. The summed E-state index contributed by atoms with van der Waals surface area (Å²) in [5, 5.41) is 0. The molecule has 0 fully saturated rings. The van der Waals surface area contributed by atoms with E-state index in [-0.39, 0.29) is 23.7 Å². The van der Waals surface area contributed by atoms with Crippen LogP contribution in [0, 0.1) is 0 Å². The predicted molar refractivity (Wildman–Crippen MR) is 112 cm³/mol. The van der Waals surface area contributed by atoms with Gasteiger partial charge in [-0.15, -0.1) is 0 Å². The first-order valence-corrected chi connectivity index (χ1v) is 10.8. The van der Waals surface area contributed by atoms with Crippen LogP contribution < -0.4 is 9.44 Å². The lowest BCUT2D eigenvalue weighted by molar-refractivity contribution is -0.118. The van der Waals surface area contributed by atoms with Gasteiger partial charge in [0.2, 0.25) is 0 Å². The summed E-state index contributed by atoms with van der Waals surface area (Å²) < 4.78 is 6.45. The van der Waals surface area contributed by atoms with Crippen molar-refractivity contribution >= 4 is 60.7 Å². The minimum absolute atomic E-state index is 0.0860. The molecule has 2 N–H and O–H groups in total. The van der Waals surface area contributed by atoms with Crippen molar-refractivity contribution in [3.8, 4) is 0 Å². The molecule has 0 saturated carbocycles. The molecule has 0 unspecified atom stereocenters. The number of nitrogens with zero attached hydrogens (tertiary/aromatic N) is 1. The van der Waals surface area contributed by atoms with Crippen molar-refractivity contribution in [3.05, 3.63) is 9.81 Å². The topological polar surface area (TPSA) is 61.4 Å². The van der Waals surface area contributed by atoms with Crippen molar-refractivity contribution < 1.29 is 9.59 Å². The number of Topliss-reactive ketones (excluding diaryl/α,β-unsaturated/α-hetero) is 2. The smallest absolute Gasteiger partial charge is 0.148 e. The molecule has 1 heterocycles. The summed E-state index contributed by atoms with van der Waals surface area (Å²) >= 11 is 11.5. The third-order valence-corrected chi connectivity index (χ3v) is 6.81. The fourth-order valence-corrected chi connectivity index (χ4v) is 5.05. The van der Waals surface area contributed by atoms with Crippen molar-refractivity contribution in [1.29, 1.82) is 0 Å². The number of hydrogen-bond donors (Lipinski definition) is 4. The molecule has 5 nitrogen and oxygen atoms in total. The molecule has 1 aliphatic rings. The Balaban J connectivity index is 2.78. The maximum atomic E-state index is 11.6. The molecule has 0 aliphatic carbocycles. The molecule has 0 amide bonds. The fraction of sp³-hybridized carbons (Fsp3) is 0.733. The van der Waals surface area contributed by atoms with Gasteiger partial charge in [-0.2, -0.15) is 25.3 Å². The van der Waals surface area contributed by atoms with Crippen molar-refractivity contribution in [3.63, 3.8) is 0 Å². The van der Waals surface area contributed by atoms with Crippen molar-refractivity contribution in [2.75, 3.05) is 31.6 Å². The Labute approximate surface area is 164 Å². The Morgan fingerprint density at radius 3 is 1.67 bits per heavy atom. The van der Waals surface area contributed by atoms with Crippen LogP contribution in [0.4, 0.5) is 0 Å². The molecule has 0 spiro atoms. The van der Waals surface area contributed by atoms with Gasteiger partial charge >= 0.3 is 0 Å². The van der Waals surface area contributed by atoms with E-state index in [2.05, 4.69) is 46.6 Å². The zero-order valence-corrected chi connectivity index (χ0v) is 17.8. The van der Waals surface area contributed by atoms with Crippen LogP contribution in [0.3, 0.4) is 0 Å². The van der Waals surface area contributed by atoms with Crippen LogP contribution in [0.15, 0.2) is 9.81 Å². The number of nitrogens with one attached hydrogen (secondary N) is 2. The summed E-state index contributed by atoms with van der Waals surface area (Å²) in [6.45, 7) is 5.10. The monoisotopic (exact) mass is 409 g/mol. The maximum absolute atomic E-state index is 11.6. The van der Waals surface area contributed by atoms with Crippen molar-refractivity contribution in [2.45, 2.75) is 38.8 Å². The highest BCUT2D eigenvalue weighted by Gasteiger charge is 2.20. The highest BCUT2D eigenvalue weighted by molar-refractivity contribution is 8.05. The molecule has 0 aromatic rings. The van der Waals surface area contributed by atoms with E-state index >= 15 is 0 Å². The van der Waals surface area contributed by atoms with Gasteiger partial charge < -0.3 is 4.90 Å². The van der Waals surface area contributed by atoms with Crippen LogP contribution in [0.2, 0.25) is 0 Å². The second-order valence-electron chi connectivity index (χ2n) is 5.78. The standard InChI is InChI=1S/C15H27N3O2S4/c1-10(19)12(8-21)16-23-14-4-6-18(3)7-5-15(14)24-17-13(9-22)11(2)20/h12-13,16-17,21-22H,4-9H2,1-3H3/t12-,13-/m0/s1. The van der Waals surface area contributed by atoms with E-state index in [1.165, 1.54) is 33.7 Å². The van der Waals surface area contributed by atoms with E-state index in [0.29, 0.717) is 11.5 Å². The van der Waals surface area contributed by atoms with Crippen LogP contribution in [0.25, 0.3) is 0 Å². The quantitative estimate of drug-likeness (QED) is 0.326. The highest BCUT2D eigenvalue weighted by Crippen LogP contribution is 2.32. The van der Waals surface area contributed by atoms with E-state index in [1.54, 1.807) is 13.8 Å². The van der Waals surface area contributed by atoms with Crippen LogP contribution in [-0.2, 0) is 9.59 Å². The lowest BCUT2D eigenvalue weighted by Crippen LogP contribution is -2.33. The molecule has 1 rings (SSSR count). The Hall–Kier alpha value is 0.360. The summed E-state index contributed by atoms with van der Waals surface area (Å²) in [5.41, 5.74) is 0. The lowest BCUT2D eigenvalue weighted by Gasteiger charge is -2.18. The first-order chi connectivity index (χ1) is 11.4. The van der Waals surface area contributed by atoms with E-state index in [4.69, 9.17) is 0 Å². The Kier molecular flexibility index (Phi) is 11.1. The molecule has 0 radical (unpaired) electrons. The van der Waals surface area contributed by atoms with Gasteiger partial charge in [0.1, 0.15) is 11.6 Å². The first kappa shape index (κ1) is 22.4. The second-order valence-corrected chi connectivity index (χ2v) is 8.38. The minimum atomic E-state index is -0.256. The van der Waals surface area contributed by atoms with Gasteiger partial charge in [0.15, 0.2) is 0 Å². The lowest BCUT2D eigenvalue weighted by atomic mass is 10.3. The predicted octanol–water partition coefficient (Wildman–Crippen LogP) is 2.17. The van der Waals surface area contributed by atoms with Gasteiger partial charge in [-0.3, -0.25) is 9.59 Å². The third-order valence-electron chi connectivity index (χ3n) is 3.75. The minimum Gasteiger partial charge on any atom is -0.306 e. The molecule has 0 bridgehead atoms. The Bertz CT molecular complexity index is 434. The maximum Gasteiger partial charge on any atom is 0.148 e. The Morgan fingerprint density at radius 2 is 1.38 bits per heavy atom. The van der Waals surface area contributed by atoms with Crippen molar-refractivity contribution in [1.82, 2.24) is 14.3 Å². The molecule has 0 aromatic heterocycles. The number of ketones is 2. The number of carbonyl (C=O) groups excluding carboxylic acids is 2. The molecule has 1 aliphatic heterocycles. The normalized spacial score (nSPS) is 19.0. The van der Waals surface area contributed by atoms with E-state index in [9.17, 15) is 9.59 Å². The average molecular weight is 410 g/mol. The molecule has 9 heteroatoms. The molecule has 0 aromatic carbocycles. The summed E-state index contributed by atoms with van der Waals surface area (Å²) in [6, 6.07) is -0.512. The summed E-state index contributed by atoms with van der Waals surface area (Å²) in [7, 11) is 2.11. The fourth-order valence-electron chi connectivity index (χ4n) is 1.97. The number of carbonyl (C=O) groups is 2. The zero-order valence-electron chi connectivity index (χ0n) is 14.4. The second kappa shape index (κ2) is 11.9. The third kappa shape index (κ3) is 7.72. The van der Waals surface area contributed by atoms with Crippen molar-refractivity contribution in [2.24, 2.45) is 0 Å². The SMILES string of the molecule is CC(=O)[C@H](CS)NSC1=C(SN[C@@H](CS)C(C)=O)CCN(C)CC1. The van der Waals surface area contributed by atoms with Gasteiger partial charge in [-0.25, -0.2) is 9.44 Å². The van der Waals surface area contributed by atoms with Crippen LogP contribution in [0.1, 0.15) is 26.7 Å². The molecule has 2 atom stereocenters. The first-order valence-electron chi connectivity index (χ1n) is 7.87. The van der Waals surface area contributed by atoms with E-state index in [1.807, 2.05) is 0 Å². The largest absolute Gasteiger partial charge is 0.306 e. The summed E-state index contributed by atoms with van der Waals surface area (Å²) in [4.78, 5) is 27.8. The highest BCUT2D eigenvalue weighted by atomic mass is 32.2. The van der Waals surface area contributed by atoms with Gasteiger partial charge in [0.05, 0.1) is 12.1 Å². The van der Waals surface area contributed by atoms with Gasteiger partial charge in [-0.05, 0) is 57.6 Å². The van der Waals surface area contributed by atoms with Gasteiger partial charge in [-0.1, -0.05) is 0 Å². The Morgan fingerprint density at radius 1 is 1.00 bits per heavy atom. The molecule has 0 saturated heterocycles. The average Bonchev–Trinajstić information content (AvgIpc) is 2.70. The van der Waals surface area contributed by atoms with Crippen LogP contribution in [-0.4, -0.2) is 60.2 Å². The van der Waals surface area contributed by atoms with E-state index in [0.717, 1.165) is 25.9 Å². The number of hydrogen-bond acceptors (Lipinski definition) is 9. The van der Waals surface area contributed by atoms with Gasteiger partial charge in [0, 0.05) is 34.4 Å². The zero-order chi connectivity index (χ0) is 18.1. The molecular formula is C15H27N3O2S4. The van der Waals surface area contributed by atoms with Crippen LogP contribution >= 0.6 is 49.2 Å². The number of thiol groups is 2. The molecule has 24 heavy (non-hydrogen) atoms.